The maximum absolute atomic E-state index is 11.8. The molecule has 0 saturated carbocycles. The van der Waals surface area contributed by atoms with Gasteiger partial charge in [-0.1, -0.05) is 30.3 Å². The quantitative estimate of drug-likeness (QED) is 0.847. The van der Waals surface area contributed by atoms with Crippen LogP contribution in [0.3, 0.4) is 0 Å². The van der Waals surface area contributed by atoms with E-state index in [0.717, 1.165) is 5.56 Å². The molecule has 18 heavy (non-hydrogen) atoms. The predicted octanol–water partition coefficient (Wildman–Crippen LogP) is 1.44. The lowest BCUT2D eigenvalue weighted by Crippen LogP contribution is -2.34. The topological polar surface area (TPSA) is 69.6 Å². The molecule has 1 heterocycles. The molecule has 5 heteroatoms. The number of carboxylic acids is 1. The van der Waals surface area contributed by atoms with Gasteiger partial charge in [-0.3, -0.25) is 4.79 Å². The molecule has 0 aliphatic carbocycles. The molecule has 0 unspecified atom stereocenters. The van der Waals surface area contributed by atoms with Crippen molar-refractivity contribution < 1.29 is 14.7 Å². The minimum atomic E-state index is -0.895. The minimum Gasteiger partial charge on any atom is -0.481 e. The van der Waals surface area contributed by atoms with Gasteiger partial charge in [-0.25, -0.2) is 4.79 Å². The van der Waals surface area contributed by atoms with Crippen LogP contribution in [0.25, 0.3) is 0 Å². The summed E-state index contributed by atoms with van der Waals surface area (Å²) in [5.74, 6) is -0.895. The molecule has 0 spiro atoms. The highest BCUT2D eigenvalue weighted by molar-refractivity contribution is 5.79. The van der Waals surface area contributed by atoms with Gasteiger partial charge in [-0.05, 0) is 12.5 Å². The van der Waals surface area contributed by atoms with Crippen LogP contribution in [0, 0.1) is 0 Å². The Hall–Kier alpha value is -2.04. The summed E-state index contributed by atoms with van der Waals surface area (Å²) in [7, 11) is 0. The molecule has 0 aromatic heterocycles. The average Bonchev–Trinajstić information content (AvgIpc) is 2.58. The van der Waals surface area contributed by atoms with Gasteiger partial charge in [0.15, 0.2) is 0 Å². The molecule has 2 N–H and O–H groups in total. The van der Waals surface area contributed by atoms with Gasteiger partial charge in [0.25, 0.3) is 0 Å². The van der Waals surface area contributed by atoms with E-state index >= 15 is 0 Å². The first-order chi connectivity index (χ1) is 8.58. The number of nitrogens with one attached hydrogen (secondary N) is 1. The van der Waals surface area contributed by atoms with E-state index in [-0.39, 0.29) is 24.5 Å². The van der Waals surface area contributed by atoms with E-state index < -0.39 is 5.97 Å². The molecule has 1 fully saturated rings. The number of amides is 2. The third-order valence-corrected chi connectivity index (χ3v) is 3.23. The summed E-state index contributed by atoms with van der Waals surface area (Å²) < 4.78 is 0. The van der Waals surface area contributed by atoms with Crippen molar-refractivity contribution in [3.05, 3.63) is 35.9 Å². The van der Waals surface area contributed by atoms with Gasteiger partial charge >= 0.3 is 12.0 Å². The van der Waals surface area contributed by atoms with E-state index in [1.54, 1.807) is 4.90 Å². The van der Waals surface area contributed by atoms with Crippen molar-refractivity contribution in [1.82, 2.24) is 10.2 Å². The Bertz CT molecular complexity index is 447. The van der Waals surface area contributed by atoms with E-state index in [9.17, 15) is 9.59 Å². The van der Waals surface area contributed by atoms with E-state index in [2.05, 4.69) is 5.32 Å². The van der Waals surface area contributed by atoms with Crippen LogP contribution in [0.1, 0.15) is 18.9 Å². The molecule has 0 bridgehead atoms. The lowest BCUT2D eigenvalue weighted by atomic mass is 10.1. The van der Waals surface area contributed by atoms with E-state index in [4.69, 9.17) is 5.11 Å². The van der Waals surface area contributed by atoms with Crippen LogP contribution in [-0.2, 0) is 11.3 Å². The van der Waals surface area contributed by atoms with Crippen LogP contribution in [0.2, 0.25) is 0 Å². The standard InChI is InChI=1S/C13H16N2O3/c1-9-11(7-12(16)17)14-13(18)15(9)8-10-5-3-2-4-6-10/h2-6,9,11H,7-8H2,1H3,(H,14,18)(H,16,17)/t9-,11-/m0/s1. The second kappa shape index (κ2) is 5.08. The molecule has 1 aromatic rings. The number of hydrogen-bond donors (Lipinski definition) is 2. The van der Waals surface area contributed by atoms with Crippen molar-refractivity contribution in [2.75, 3.05) is 0 Å². The van der Waals surface area contributed by atoms with Gasteiger partial charge in [0.1, 0.15) is 0 Å². The van der Waals surface area contributed by atoms with Crippen molar-refractivity contribution in [1.29, 1.82) is 0 Å². The number of nitrogens with zero attached hydrogens (tertiary/aromatic N) is 1. The SMILES string of the molecule is C[C@H]1[C@H](CC(=O)O)NC(=O)N1Cc1ccccc1. The van der Waals surface area contributed by atoms with Gasteiger partial charge in [0.2, 0.25) is 0 Å². The molecule has 1 aromatic carbocycles. The summed E-state index contributed by atoms with van der Waals surface area (Å²) in [4.78, 5) is 24.2. The number of carboxylic acid groups (broad SMARTS) is 1. The summed E-state index contributed by atoms with van der Waals surface area (Å²) in [5.41, 5.74) is 1.04. The third-order valence-electron chi connectivity index (χ3n) is 3.23. The van der Waals surface area contributed by atoms with Gasteiger partial charge in [0.05, 0.1) is 18.5 Å². The number of carbonyl (C=O) groups excluding carboxylic acids is 1. The second-order valence-corrected chi connectivity index (χ2v) is 4.51. The Balaban J connectivity index is 2.05. The summed E-state index contributed by atoms with van der Waals surface area (Å²) in [6, 6.07) is 9.02. The van der Waals surface area contributed by atoms with E-state index in [0.29, 0.717) is 6.54 Å². The van der Waals surface area contributed by atoms with Gasteiger partial charge in [0, 0.05) is 6.54 Å². The zero-order valence-electron chi connectivity index (χ0n) is 10.2. The number of hydrogen-bond acceptors (Lipinski definition) is 2. The number of aliphatic carboxylic acids is 1. The average molecular weight is 248 g/mol. The fourth-order valence-corrected chi connectivity index (χ4v) is 2.17. The summed E-state index contributed by atoms with van der Waals surface area (Å²) in [5, 5.41) is 11.5. The van der Waals surface area contributed by atoms with Crippen LogP contribution in [0.15, 0.2) is 30.3 Å². The lowest BCUT2D eigenvalue weighted by molar-refractivity contribution is -0.137. The molecule has 0 radical (unpaired) electrons. The number of benzene rings is 1. The highest BCUT2D eigenvalue weighted by Crippen LogP contribution is 2.18. The summed E-state index contributed by atoms with van der Waals surface area (Å²) in [6.45, 7) is 2.37. The van der Waals surface area contributed by atoms with Crippen LogP contribution in [0.5, 0.6) is 0 Å². The van der Waals surface area contributed by atoms with Crippen molar-refractivity contribution in [2.45, 2.75) is 32.0 Å². The van der Waals surface area contributed by atoms with Gasteiger partial charge < -0.3 is 15.3 Å². The zero-order valence-corrected chi connectivity index (χ0v) is 10.2. The molecular formula is C13H16N2O3. The molecule has 2 rings (SSSR count). The Morgan fingerprint density at radius 1 is 1.39 bits per heavy atom. The van der Waals surface area contributed by atoms with Crippen LogP contribution >= 0.6 is 0 Å². The van der Waals surface area contributed by atoms with Crippen LogP contribution in [-0.4, -0.2) is 34.1 Å². The maximum Gasteiger partial charge on any atom is 0.318 e. The molecular weight excluding hydrogens is 232 g/mol. The molecule has 1 aliphatic rings. The van der Waals surface area contributed by atoms with E-state index in [1.165, 1.54) is 0 Å². The van der Waals surface area contributed by atoms with Crippen molar-refractivity contribution in [3.63, 3.8) is 0 Å². The van der Waals surface area contributed by atoms with Crippen molar-refractivity contribution in [2.24, 2.45) is 0 Å². The monoisotopic (exact) mass is 248 g/mol. The zero-order chi connectivity index (χ0) is 13.1. The van der Waals surface area contributed by atoms with Gasteiger partial charge in [-0.2, -0.15) is 0 Å². The predicted molar refractivity (Wildman–Crippen MR) is 66.0 cm³/mol. The maximum atomic E-state index is 11.8. The fourth-order valence-electron chi connectivity index (χ4n) is 2.17. The second-order valence-electron chi connectivity index (χ2n) is 4.51. The van der Waals surface area contributed by atoms with Crippen LogP contribution < -0.4 is 5.32 Å². The van der Waals surface area contributed by atoms with Crippen molar-refractivity contribution >= 4 is 12.0 Å². The first-order valence-corrected chi connectivity index (χ1v) is 5.91. The highest BCUT2D eigenvalue weighted by atomic mass is 16.4. The number of carbonyl (C=O) groups is 2. The highest BCUT2D eigenvalue weighted by Gasteiger charge is 2.36. The first-order valence-electron chi connectivity index (χ1n) is 5.91. The molecule has 2 amide bonds. The van der Waals surface area contributed by atoms with Gasteiger partial charge in [-0.15, -0.1) is 0 Å². The molecule has 1 saturated heterocycles. The van der Waals surface area contributed by atoms with E-state index in [1.807, 2.05) is 37.3 Å². The molecule has 1 aliphatic heterocycles. The minimum absolute atomic E-state index is 0.0435. The fraction of sp³-hybridized carbons (Fsp3) is 0.385. The van der Waals surface area contributed by atoms with Crippen LogP contribution in [0.4, 0.5) is 4.79 Å². The Kier molecular flexibility index (Phi) is 3.50. The molecule has 2 atom stereocenters. The third kappa shape index (κ3) is 2.61. The molecule has 5 nitrogen and oxygen atoms in total. The van der Waals surface area contributed by atoms with Crippen molar-refractivity contribution in [3.8, 4) is 0 Å². The normalized spacial score (nSPS) is 22.9. The largest absolute Gasteiger partial charge is 0.481 e. The first kappa shape index (κ1) is 12.4. The number of rotatable bonds is 4. The Morgan fingerprint density at radius 2 is 2.06 bits per heavy atom. The molecule has 96 valence electrons. The number of urea groups is 1. The smallest absolute Gasteiger partial charge is 0.318 e. The Labute approximate surface area is 105 Å². The summed E-state index contributed by atoms with van der Waals surface area (Å²) >= 11 is 0. The Morgan fingerprint density at radius 3 is 2.67 bits per heavy atom. The lowest BCUT2D eigenvalue weighted by Gasteiger charge is -2.22. The summed E-state index contributed by atoms with van der Waals surface area (Å²) in [6.07, 6.45) is -0.0435.